The van der Waals surface area contributed by atoms with E-state index >= 15 is 0 Å². The fourth-order valence-electron chi connectivity index (χ4n) is 12.7. The first-order valence-electron chi connectivity index (χ1n) is 37.9. The summed E-state index contributed by atoms with van der Waals surface area (Å²) in [6.45, 7) is 3.85. The average molecular weight is 1190 g/mol. The summed E-state index contributed by atoms with van der Waals surface area (Å²) in [6.07, 6.45) is 77.9. The molecule has 0 aromatic heterocycles. The maximum atomic E-state index is 13.1. The molecular weight excluding hydrogens is 1040 g/mol. The summed E-state index contributed by atoms with van der Waals surface area (Å²) in [6, 6.07) is -0.802. The average Bonchev–Trinajstić information content (AvgIpc) is 3.70. The second-order valence-corrected chi connectivity index (χ2v) is 26.8. The number of hydrogen-bond donors (Lipinski definition) is 6. The fraction of sp³-hybridized carbons (Fsp3) is 0.960. The van der Waals surface area contributed by atoms with Crippen molar-refractivity contribution in [2.45, 2.75) is 448 Å². The second-order valence-electron chi connectivity index (χ2n) is 26.8. The van der Waals surface area contributed by atoms with E-state index < -0.39 is 49.5 Å². The van der Waals surface area contributed by atoms with Gasteiger partial charge in [-0.05, 0) is 19.3 Å². The maximum Gasteiger partial charge on any atom is 0.220 e. The van der Waals surface area contributed by atoms with E-state index in [0.29, 0.717) is 6.42 Å². The number of rotatable bonds is 68. The lowest BCUT2D eigenvalue weighted by Gasteiger charge is -2.40. The van der Waals surface area contributed by atoms with Crippen LogP contribution in [0.1, 0.15) is 406 Å². The van der Waals surface area contributed by atoms with Crippen molar-refractivity contribution in [2.75, 3.05) is 13.2 Å². The lowest BCUT2D eigenvalue weighted by atomic mass is 9.99. The predicted molar refractivity (Wildman–Crippen MR) is 360 cm³/mol. The van der Waals surface area contributed by atoms with Crippen molar-refractivity contribution in [1.82, 2.24) is 5.32 Å². The lowest BCUT2D eigenvalue weighted by Crippen LogP contribution is -2.60. The van der Waals surface area contributed by atoms with Crippen molar-refractivity contribution in [3.05, 3.63) is 12.2 Å². The van der Waals surface area contributed by atoms with Crippen LogP contribution in [-0.2, 0) is 14.3 Å². The molecule has 1 amide bonds. The molecule has 500 valence electrons. The van der Waals surface area contributed by atoms with E-state index in [1.54, 1.807) is 6.08 Å². The largest absolute Gasteiger partial charge is 0.394 e. The van der Waals surface area contributed by atoms with Gasteiger partial charge in [0.2, 0.25) is 5.91 Å². The topological polar surface area (TPSA) is 149 Å². The van der Waals surface area contributed by atoms with Gasteiger partial charge in [-0.25, -0.2) is 0 Å². The van der Waals surface area contributed by atoms with Crippen molar-refractivity contribution in [3.8, 4) is 0 Å². The second kappa shape index (κ2) is 64.9. The van der Waals surface area contributed by atoms with Gasteiger partial charge in [0.05, 0.1) is 25.4 Å². The number of carbonyl (C=O) groups excluding carboxylic acids is 1. The Morgan fingerprint density at radius 1 is 0.393 bits per heavy atom. The van der Waals surface area contributed by atoms with Crippen LogP contribution < -0.4 is 5.32 Å². The Morgan fingerprint density at radius 3 is 0.929 bits per heavy atom. The molecule has 1 heterocycles. The number of nitrogens with one attached hydrogen (secondary N) is 1. The van der Waals surface area contributed by atoms with Crippen LogP contribution in [0, 0.1) is 0 Å². The van der Waals surface area contributed by atoms with E-state index in [-0.39, 0.29) is 12.5 Å². The fourth-order valence-corrected chi connectivity index (χ4v) is 12.7. The molecule has 0 bridgehead atoms. The number of amides is 1. The van der Waals surface area contributed by atoms with Crippen molar-refractivity contribution in [1.29, 1.82) is 0 Å². The SMILES string of the molecule is CCCCCCCCCCCCCCCCCCCCCC/C=C/C(O)C(COC1OC(CO)C(O)C(O)C1O)NC(=O)CCCCCCCCCCCCCCCCCCCCCCCCCCCCCCCCCCCCCCCCC. The molecule has 0 spiro atoms. The molecule has 1 aliphatic rings. The minimum absolute atomic E-state index is 0.166. The highest BCUT2D eigenvalue weighted by atomic mass is 16.7. The third-order valence-corrected chi connectivity index (χ3v) is 18.6. The van der Waals surface area contributed by atoms with E-state index in [1.807, 2.05) is 6.08 Å². The minimum atomic E-state index is -1.56. The summed E-state index contributed by atoms with van der Waals surface area (Å²) in [7, 11) is 0. The van der Waals surface area contributed by atoms with E-state index in [4.69, 9.17) is 9.47 Å². The van der Waals surface area contributed by atoms with E-state index in [1.165, 1.54) is 347 Å². The molecule has 1 aliphatic heterocycles. The molecule has 1 rings (SSSR count). The highest BCUT2D eigenvalue weighted by Crippen LogP contribution is 2.24. The number of allylic oxidation sites excluding steroid dienone is 1. The zero-order valence-corrected chi connectivity index (χ0v) is 56.2. The Bertz CT molecular complexity index is 1330. The third kappa shape index (κ3) is 52.8. The lowest BCUT2D eigenvalue weighted by molar-refractivity contribution is -0.302. The normalized spacial score (nSPS) is 18.1. The minimum Gasteiger partial charge on any atom is -0.394 e. The zero-order chi connectivity index (χ0) is 60.7. The smallest absolute Gasteiger partial charge is 0.220 e. The first kappa shape index (κ1) is 80.9. The maximum absolute atomic E-state index is 13.1. The van der Waals surface area contributed by atoms with E-state index in [9.17, 15) is 30.3 Å². The molecule has 0 saturated carbocycles. The molecule has 0 radical (unpaired) electrons. The van der Waals surface area contributed by atoms with Gasteiger partial charge in [0.25, 0.3) is 0 Å². The van der Waals surface area contributed by atoms with Crippen LogP contribution >= 0.6 is 0 Å². The molecule has 1 fully saturated rings. The predicted octanol–water partition coefficient (Wildman–Crippen LogP) is 21.0. The zero-order valence-electron chi connectivity index (χ0n) is 56.2. The van der Waals surface area contributed by atoms with Crippen LogP contribution in [0.5, 0.6) is 0 Å². The van der Waals surface area contributed by atoms with Crippen molar-refractivity contribution in [2.24, 2.45) is 0 Å². The molecular formula is C75H147NO8. The molecule has 9 nitrogen and oxygen atoms in total. The number of aliphatic hydroxyl groups excluding tert-OH is 5. The first-order chi connectivity index (χ1) is 41.3. The Balaban J connectivity index is 2.03. The summed E-state index contributed by atoms with van der Waals surface area (Å²) >= 11 is 0. The van der Waals surface area contributed by atoms with E-state index in [0.717, 1.165) is 38.5 Å². The van der Waals surface area contributed by atoms with E-state index in [2.05, 4.69) is 19.2 Å². The molecule has 0 aromatic carbocycles. The van der Waals surface area contributed by atoms with Crippen molar-refractivity contribution in [3.63, 3.8) is 0 Å². The highest BCUT2D eigenvalue weighted by Gasteiger charge is 2.44. The van der Waals surface area contributed by atoms with Crippen LogP contribution in [0.25, 0.3) is 0 Å². The van der Waals surface area contributed by atoms with Gasteiger partial charge in [-0.2, -0.15) is 0 Å². The Morgan fingerprint density at radius 2 is 0.655 bits per heavy atom. The molecule has 1 saturated heterocycles. The third-order valence-electron chi connectivity index (χ3n) is 18.6. The molecule has 6 N–H and O–H groups in total. The van der Waals surface area contributed by atoms with Gasteiger partial charge >= 0.3 is 0 Å². The Kier molecular flexibility index (Phi) is 62.5. The first-order valence-corrected chi connectivity index (χ1v) is 37.9. The summed E-state index contributed by atoms with van der Waals surface area (Å²) in [5.41, 5.74) is 0. The van der Waals surface area contributed by atoms with Gasteiger partial charge in [-0.15, -0.1) is 0 Å². The van der Waals surface area contributed by atoms with Gasteiger partial charge < -0.3 is 40.3 Å². The van der Waals surface area contributed by atoms with Crippen LogP contribution in [0.3, 0.4) is 0 Å². The van der Waals surface area contributed by atoms with Crippen LogP contribution in [-0.4, -0.2) is 87.5 Å². The standard InChI is InChI=1S/C75H147NO8/c1-3-5-7-9-11-13-15-17-19-21-23-25-27-28-29-30-31-32-33-34-35-36-37-38-39-40-41-42-43-45-47-49-51-53-55-57-59-61-63-65-71(79)76-68(67-83-75-74(82)73(81)72(80)70(66-77)84-75)69(78)64-62-60-58-56-54-52-50-48-46-44-26-24-22-20-18-16-14-12-10-8-6-4-2/h62,64,68-70,72-75,77-78,80-82H,3-61,63,65-67H2,1-2H3,(H,76,79)/b64-62+. The van der Waals surface area contributed by atoms with Gasteiger partial charge in [0, 0.05) is 6.42 Å². The summed E-state index contributed by atoms with van der Waals surface area (Å²) in [5.74, 6) is -0.166. The van der Waals surface area contributed by atoms with Gasteiger partial charge in [-0.1, -0.05) is 392 Å². The van der Waals surface area contributed by atoms with Crippen LogP contribution in [0.15, 0.2) is 12.2 Å². The highest BCUT2D eigenvalue weighted by molar-refractivity contribution is 5.76. The molecule has 9 heteroatoms. The number of unbranched alkanes of at least 4 members (excludes halogenated alkanes) is 58. The summed E-state index contributed by atoms with van der Waals surface area (Å²) in [4.78, 5) is 13.1. The quantitative estimate of drug-likeness (QED) is 0.0261. The van der Waals surface area contributed by atoms with Crippen molar-refractivity contribution >= 4 is 5.91 Å². The van der Waals surface area contributed by atoms with Gasteiger partial charge in [-0.3, -0.25) is 4.79 Å². The molecule has 7 unspecified atom stereocenters. The number of carbonyl (C=O) groups is 1. The number of ether oxygens (including phenoxy) is 2. The number of hydrogen-bond acceptors (Lipinski definition) is 8. The molecule has 0 aliphatic carbocycles. The monoisotopic (exact) mass is 1190 g/mol. The number of aliphatic hydroxyl groups is 5. The van der Waals surface area contributed by atoms with Crippen LogP contribution in [0.4, 0.5) is 0 Å². The molecule has 0 aromatic rings. The molecule has 84 heavy (non-hydrogen) atoms. The summed E-state index contributed by atoms with van der Waals surface area (Å²) in [5, 5.41) is 54.8. The Hall–Kier alpha value is -1.07. The molecule has 7 atom stereocenters. The Labute approximate surface area is 522 Å². The summed E-state index contributed by atoms with van der Waals surface area (Å²) < 4.78 is 11.3. The van der Waals surface area contributed by atoms with Gasteiger partial charge in [0.1, 0.15) is 24.4 Å². The van der Waals surface area contributed by atoms with Crippen molar-refractivity contribution < 1.29 is 39.8 Å². The van der Waals surface area contributed by atoms with Crippen LogP contribution in [0.2, 0.25) is 0 Å². The van der Waals surface area contributed by atoms with Gasteiger partial charge in [0.15, 0.2) is 6.29 Å².